The van der Waals surface area contributed by atoms with Gasteiger partial charge in [0.25, 0.3) is 0 Å². The van der Waals surface area contributed by atoms with Crippen molar-refractivity contribution >= 4 is 88.3 Å². The van der Waals surface area contributed by atoms with Crippen LogP contribution in [0.5, 0.6) is 0 Å². The third-order valence-corrected chi connectivity index (χ3v) is 10.5. The summed E-state index contributed by atoms with van der Waals surface area (Å²) in [5.41, 5.74) is 2.24. The molecule has 0 unspecified atom stereocenters. The van der Waals surface area contributed by atoms with E-state index in [9.17, 15) is 50.4 Å². The number of aliphatic hydroxyl groups is 8. The average molecular weight is 975 g/mol. The predicted molar refractivity (Wildman–Crippen MR) is 222 cm³/mol. The number of carboxylic acids is 2. The quantitative estimate of drug-likeness (QED) is 0.0257. The molecule has 2 aromatic heterocycles. The van der Waals surface area contributed by atoms with Crippen LogP contribution in [-0.4, -0.2) is 213 Å². The van der Waals surface area contributed by atoms with Crippen molar-refractivity contribution in [3.05, 3.63) is 93.2 Å². The van der Waals surface area contributed by atoms with Gasteiger partial charge in [-0.3, -0.25) is 8.42 Å². The first-order valence-electron chi connectivity index (χ1n) is 18.4. The summed E-state index contributed by atoms with van der Waals surface area (Å²) in [6.07, 6.45) is -7.23. The molecule has 23 nitrogen and oxygen atoms in total. The molecule has 26 heteroatoms. The predicted octanol–water partition coefficient (Wildman–Crippen LogP) is -3.26. The normalized spacial score (nSPS) is 25.3. The number of thiophene rings is 1. The van der Waals surface area contributed by atoms with Crippen LogP contribution in [0.2, 0.25) is 0 Å². The van der Waals surface area contributed by atoms with Crippen molar-refractivity contribution < 1.29 is 103 Å². The van der Waals surface area contributed by atoms with Gasteiger partial charge in [-0.15, -0.1) is 11.3 Å². The van der Waals surface area contributed by atoms with E-state index in [1.54, 1.807) is 18.3 Å². The van der Waals surface area contributed by atoms with Gasteiger partial charge in [0.15, 0.2) is 6.29 Å². The van der Waals surface area contributed by atoms with Gasteiger partial charge in [0.05, 0.1) is 30.7 Å². The minimum absolute atomic E-state index is 0. The van der Waals surface area contributed by atoms with Gasteiger partial charge in [0, 0.05) is 40.2 Å². The molecule has 4 heterocycles. The molecular formula is C38H50CaN2O21S2. The van der Waals surface area contributed by atoms with Crippen LogP contribution in [-0.2, 0) is 48.8 Å². The average Bonchev–Trinajstić information content (AvgIpc) is 3.93. The zero-order chi connectivity index (χ0) is 45.2. The van der Waals surface area contributed by atoms with Crippen LogP contribution in [0, 0.1) is 0 Å². The number of carboxylic acid groups (broad SMARTS) is 2. The molecule has 0 amide bonds. The van der Waals surface area contributed by atoms with E-state index < -0.39 is 97.0 Å². The molecular weight excluding hydrogens is 925 g/mol. The Hall–Kier alpha value is -3.10. The van der Waals surface area contributed by atoms with Crippen molar-refractivity contribution in [3.63, 3.8) is 0 Å². The van der Waals surface area contributed by atoms with E-state index in [0.717, 1.165) is 40.2 Å². The van der Waals surface area contributed by atoms with E-state index in [4.69, 9.17) is 41.9 Å². The maximum Gasteiger partial charge on any atom is 2.00 e. The van der Waals surface area contributed by atoms with Crippen LogP contribution in [0.4, 0.5) is 0 Å². The molecule has 0 radical (unpaired) electrons. The fraction of sp³-hybridized carbons (Fsp3) is 0.447. The van der Waals surface area contributed by atoms with Crippen LogP contribution in [0.15, 0.2) is 65.7 Å². The van der Waals surface area contributed by atoms with Gasteiger partial charge >= 0.3 is 49.7 Å². The number of nitrogens with zero attached hydrogens (tertiary/aromatic N) is 2. The molecule has 2 aliphatic rings. The monoisotopic (exact) mass is 974 g/mol. The standard InChI is InChI=1S/C26H24N2O4S.C12H22O11.Ca.H2O4S.2H2O/c1-2-6-24-27-15-19(13-18(25(29)30)14-20-7-5-12-33-20)28(24)16-17-10-11-23(26(31)32)22-9-4-3-8-21(17)22;13-1-4-6(16)8(18)9(19)11(21-4)23-12(3-15)10(20)7(17)5(2-14)22-12;;1-5(2,3)4;;/h3-5,7-13,15H,2,6,14,16H2,1H3,(H,29,30)(H,31,32);4-11,13-20H,1-3H2;;(H2,1,2,3,4);2*1H2/q;;+2;;;/p-2/b18-13+;;;;;/t;4-,5-,6-,7-,8+,9-,10+,11-,12+;;;;/m.1..../s1. The van der Waals surface area contributed by atoms with Gasteiger partial charge in [0.2, 0.25) is 5.79 Å². The summed E-state index contributed by atoms with van der Waals surface area (Å²) in [4.78, 5) is 29.2. The van der Waals surface area contributed by atoms with Gasteiger partial charge in [-0.05, 0) is 46.3 Å². The number of rotatable bonds is 14. The summed E-state index contributed by atoms with van der Waals surface area (Å²) in [6.45, 7) is 0.218. The molecule has 64 heavy (non-hydrogen) atoms. The number of aliphatic carboxylic acids is 1. The van der Waals surface area contributed by atoms with E-state index in [-0.39, 0.29) is 54.3 Å². The fourth-order valence-electron chi connectivity index (χ4n) is 6.61. The van der Waals surface area contributed by atoms with Gasteiger partial charge in [-0.2, -0.15) is 0 Å². The molecule has 14 N–H and O–H groups in total. The number of ether oxygens (including phenoxy) is 3. The Morgan fingerprint density at radius 2 is 1.53 bits per heavy atom. The Morgan fingerprint density at radius 3 is 2.05 bits per heavy atom. The summed E-state index contributed by atoms with van der Waals surface area (Å²) in [7, 11) is -5.17. The molecule has 352 valence electrons. The van der Waals surface area contributed by atoms with Crippen molar-refractivity contribution in [2.75, 3.05) is 19.8 Å². The number of benzene rings is 2. The largest absolute Gasteiger partial charge is 2.00 e. The van der Waals surface area contributed by atoms with E-state index in [2.05, 4.69) is 11.9 Å². The number of fused-ring (bicyclic) bond motifs is 1. The molecule has 0 spiro atoms. The van der Waals surface area contributed by atoms with Crippen LogP contribution >= 0.6 is 11.3 Å². The number of carbonyl (C=O) groups is 2. The number of hydrogen-bond acceptors (Lipinski definition) is 19. The minimum Gasteiger partial charge on any atom is -0.759 e. The number of aryl methyl sites for hydroxylation is 1. The fourth-order valence-corrected chi connectivity index (χ4v) is 7.33. The maximum atomic E-state index is 12.0. The number of imidazole rings is 1. The van der Waals surface area contributed by atoms with E-state index in [1.165, 1.54) is 11.3 Å². The number of hydrogen-bond donors (Lipinski definition) is 10. The summed E-state index contributed by atoms with van der Waals surface area (Å²) in [5.74, 6) is -3.27. The Kier molecular flexibility index (Phi) is 24.2. The molecule has 6 rings (SSSR count). The van der Waals surface area contributed by atoms with E-state index in [0.29, 0.717) is 23.9 Å². The first kappa shape index (κ1) is 58.9. The summed E-state index contributed by atoms with van der Waals surface area (Å²) >= 11 is 1.53. The number of aliphatic hydroxyl groups excluding tert-OH is 8. The van der Waals surface area contributed by atoms with Crippen LogP contribution in [0.1, 0.15) is 45.7 Å². The van der Waals surface area contributed by atoms with Crippen LogP contribution in [0.3, 0.4) is 0 Å². The first-order valence-corrected chi connectivity index (χ1v) is 20.7. The first-order chi connectivity index (χ1) is 28.8. The van der Waals surface area contributed by atoms with Crippen molar-refractivity contribution in [1.29, 1.82) is 0 Å². The minimum atomic E-state index is -5.17. The van der Waals surface area contributed by atoms with E-state index in [1.807, 2.05) is 52.4 Å². The molecule has 0 bridgehead atoms. The van der Waals surface area contributed by atoms with E-state index >= 15 is 0 Å². The van der Waals surface area contributed by atoms with Gasteiger partial charge < -0.3 is 89.9 Å². The third kappa shape index (κ3) is 15.0. The number of aromatic carboxylic acids is 1. The Bertz CT molecular complexity index is 2220. The second-order valence-electron chi connectivity index (χ2n) is 13.8. The molecule has 2 aliphatic heterocycles. The maximum absolute atomic E-state index is 12.0. The smallest absolute Gasteiger partial charge is 0.759 e. The summed E-state index contributed by atoms with van der Waals surface area (Å²) in [6, 6.07) is 14.8. The third-order valence-electron chi connectivity index (χ3n) is 9.63. The molecule has 4 aromatic rings. The van der Waals surface area contributed by atoms with Crippen LogP contribution < -0.4 is 0 Å². The van der Waals surface area contributed by atoms with Crippen molar-refractivity contribution in [1.82, 2.24) is 9.55 Å². The Balaban J connectivity index is 0.000000581. The Morgan fingerprint density at radius 1 is 0.906 bits per heavy atom. The molecule has 0 saturated carbocycles. The summed E-state index contributed by atoms with van der Waals surface area (Å²) < 4.78 is 51.6. The van der Waals surface area contributed by atoms with Crippen molar-refractivity contribution in [2.45, 2.75) is 87.5 Å². The SMILES string of the molecule is CCCc1ncc(/C=C(\Cc2cccs2)C(=O)O)n1Cc1ccc(C(=O)O)c2ccccc12.O.O.O=S(=O)([O-])[O-].OC[C@H]1O[C@@](CO)(O[C@H]2O[C@H](CO)[C@@H](O)[C@H](O)[C@H]2O)[C@@H](O)[C@@H]1O.[Ca+2]. The molecule has 0 aliphatic carbocycles. The molecule has 9 atom stereocenters. The molecule has 2 aromatic carbocycles. The van der Waals surface area contributed by atoms with Crippen LogP contribution in [0.25, 0.3) is 16.8 Å². The summed E-state index contributed by atoms with van der Waals surface area (Å²) in [5, 5.41) is 99.5. The zero-order valence-electron chi connectivity index (χ0n) is 34.0. The Labute approximate surface area is 399 Å². The van der Waals surface area contributed by atoms with Crippen molar-refractivity contribution in [3.8, 4) is 0 Å². The second-order valence-corrected chi connectivity index (χ2v) is 15.6. The molecule has 2 fully saturated rings. The van der Waals surface area contributed by atoms with Gasteiger partial charge in [-0.25, -0.2) is 14.6 Å². The van der Waals surface area contributed by atoms with Gasteiger partial charge in [0.1, 0.15) is 55.2 Å². The number of aromatic nitrogens is 2. The second kappa shape index (κ2) is 26.3. The zero-order valence-corrected chi connectivity index (χ0v) is 37.8. The topological polar surface area (TPSA) is 425 Å². The molecule has 2 saturated heterocycles. The van der Waals surface area contributed by atoms with Gasteiger partial charge in [-0.1, -0.05) is 43.3 Å². The van der Waals surface area contributed by atoms with Crippen molar-refractivity contribution in [2.24, 2.45) is 0 Å².